The lowest BCUT2D eigenvalue weighted by Crippen LogP contribution is -2.20. The van der Waals surface area contributed by atoms with Crippen LogP contribution in [0.1, 0.15) is 42.3 Å². The second-order valence-corrected chi connectivity index (χ2v) is 9.32. The molecule has 1 N–H and O–H groups in total. The molecule has 168 valence electrons. The Kier molecular flexibility index (Phi) is 6.74. The lowest BCUT2D eigenvalue weighted by Gasteiger charge is -2.18. The predicted molar refractivity (Wildman–Crippen MR) is 120 cm³/mol. The Bertz CT molecular complexity index is 1260. The van der Waals surface area contributed by atoms with Crippen molar-refractivity contribution < 1.29 is 22.7 Å². The maximum atomic E-state index is 12.5. The Hall–Kier alpha value is -3.13. The molecular weight excluding hydrogens is 439 g/mol. The Morgan fingerprint density at radius 3 is 2.22 bits per heavy atom. The molecule has 0 unspecified atom stereocenters. The molecule has 0 saturated heterocycles. The molecule has 1 heterocycles. The number of carbonyl (C=O) groups is 1. The summed E-state index contributed by atoms with van der Waals surface area (Å²) in [5.74, 6) is -0.141. The summed E-state index contributed by atoms with van der Waals surface area (Å²) >= 11 is 1.12. The number of ketones is 1. The van der Waals surface area contributed by atoms with E-state index in [4.69, 9.17) is 0 Å². The molecule has 0 spiro atoms. The minimum atomic E-state index is -4.41. The number of H-pyrrole nitrogens is 1. The van der Waals surface area contributed by atoms with Crippen LogP contribution in [-0.2, 0) is 5.41 Å². The first-order chi connectivity index (χ1) is 14.9. The predicted octanol–water partition coefficient (Wildman–Crippen LogP) is 4.17. The van der Waals surface area contributed by atoms with E-state index in [1.165, 1.54) is 18.2 Å². The molecule has 32 heavy (non-hydrogen) atoms. The Labute approximate surface area is 186 Å². The van der Waals surface area contributed by atoms with E-state index in [0.717, 1.165) is 16.9 Å². The number of nitrogens with one attached hydrogen (secondary N) is 1. The van der Waals surface area contributed by atoms with Gasteiger partial charge in [0, 0.05) is 11.6 Å². The number of ether oxygens (including phenoxy) is 1. The summed E-state index contributed by atoms with van der Waals surface area (Å²) in [4.78, 5) is 27.4. The second-order valence-electron chi connectivity index (χ2n) is 8.24. The van der Waals surface area contributed by atoms with E-state index in [1.807, 2.05) is 12.1 Å². The fourth-order valence-corrected chi connectivity index (χ4v) is 3.72. The van der Waals surface area contributed by atoms with Gasteiger partial charge in [0.1, 0.15) is 5.75 Å². The normalized spacial score (nSPS) is 13.4. The lowest BCUT2D eigenvalue weighted by atomic mass is 9.86. The van der Waals surface area contributed by atoms with E-state index in [0.29, 0.717) is 20.3 Å². The number of halogens is 3. The Balaban J connectivity index is 1.79. The van der Waals surface area contributed by atoms with Crippen molar-refractivity contribution in [3.63, 3.8) is 0 Å². The summed E-state index contributed by atoms with van der Waals surface area (Å²) in [6, 6.07) is 13.3. The van der Waals surface area contributed by atoms with Crippen molar-refractivity contribution >= 4 is 29.3 Å². The quantitative estimate of drug-likeness (QED) is 0.581. The van der Waals surface area contributed by atoms with Gasteiger partial charge >= 0.3 is 6.18 Å². The highest BCUT2D eigenvalue weighted by atomic mass is 32.1. The van der Waals surface area contributed by atoms with Crippen LogP contribution in [0.25, 0.3) is 12.2 Å². The number of alkyl halides is 3. The van der Waals surface area contributed by atoms with Gasteiger partial charge in [-0.25, -0.2) is 0 Å². The van der Waals surface area contributed by atoms with Crippen LogP contribution in [0, 0.1) is 0 Å². The fraction of sp³-hybridized carbons (Fsp3) is 0.250. The highest BCUT2D eigenvalue weighted by Crippen LogP contribution is 2.22. The zero-order chi connectivity index (χ0) is 23.5. The van der Waals surface area contributed by atoms with Gasteiger partial charge < -0.3 is 9.72 Å². The first-order valence-corrected chi connectivity index (χ1v) is 10.6. The molecule has 0 aliphatic rings. The summed E-state index contributed by atoms with van der Waals surface area (Å²) in [7, 11) is 0. The van der Waals surface area contributed by atoms with Crippen LogP contribution < -0.4 is 19.5 Å². The third kappa shape index (κ3) is 6.43. The van der Waals surface area contributed by atoms with Crippen LogP contribution in [0.2, 0.25) is 0 Å². The molecule has 0 saturated carbocycles. The van der Waals surface area contributed by atoms with Gasteiger partial charge in [-0.1, -0.05) is 57.2 Å². The molecule has 3 aromatic rings. The standard InChI is InChI=1S/C24H22F3NO3S/c1-23(2,3)17-8-6-16(7-9-17)19(29)13-21-28-22(30)20(32-21)12-15-4-10-18(11-5-15)31-14-24(25,26)27/h4-13H,14H2,1-3H3,(H,28,30)/b20-12-,21-13-. The van der Waals surface area contributed by atoms with Crippen LogP contribution in [0.3, 0.4) is 0 Å². The third-order valence-electron chi connectivity index (χ3n) is 4.56. The summed E-state index contributed by atoms with van der Waals surface area (Å²) < 4.78 is 42.1. The van der Waals surface area contributed by atoms with Gasteiger partial charge in [0.25, 0.3) is 5.56 Å². The van der Waals surface area contributed by atoms with Crippen molar-refractivity contribution in [3.05, 3.63) is 84.8 Å². The average molecular weight is 462 g/mol. The molecule has 0 aliphatic heterocycles. The van der Waals surface area contributed by atoms with Crippen molar-refractivity contribution in [2.24, 2.45) is 0 Å². The van der Waals surface area contributed by atoms with Gasteiger partial charge in [-0.15, -0.1) is 11.3 Å². The molecule has 0 aliphatic carbocycles. The van der Waals surface area contributed by atoms with E-state index >= 15 is 0 Å². The van der Waals surface area contributed by atoms with Gasteiger partial charge in [0.05, 0.1) is 9.20 Å². The molecule has 1 aromatic heterocycles. The zero-order valence-electron chi connectivity index (χ0n) is 17.7. The van der Waals surface area contributed by atoms with Crippen LogP contribution in [0.4, 0.5) is 13.2 Å². The van der Waals surface area contributed by atoms with E-state index < -0.39 is 12.8 Å². The smallest absolute Gasteiger partial charge is 0.422 e. The van der Waals surface area contributed by atoms with Crippen LogP contribution in [0.15, 0.2) is 53.3 Å². The maximum absolute atomic E-state index is 12.5. The maximum Gasteiger partial charge on any atom is 0.422 e. The van der Waals surface area contributed by atoms with Crippen LogP contribution in [-0.4, -0.2) is 23.6 Å². The molecule has 0 bridgehead atoms. The number of Topliss-reactive ketones (excluding diaryl/α,β-unsaturated/α-hetero) is 1. The second kappa shape index (κ2) is 9.16. The molecule has 3 rings (SSSR count). The summed E-state index contributed by atoms with van der Waals surface area (Å²) in [5.41, 5.74) is 1.89. The number of hydrogen-bond donors (Lipinski definition) is 1. The molecule has 0 fully saturated rings. The zero-order valence-corrected chi connectivity index (χ0v) is 18.6. The first kappa shape index (κ1) is 23.5. The molecule has 0 radical (unpaired) electrons. The number of benzene rings is 2. The van der Waals surface area contributed by atoms with Crippen molar-refractivity contribution in [1.82, 2.24) is 4.98 Å². The molecule has 8 heteroatoms. The number of thiazole rings is 1. The van der Waals surface area contributed by atoms with Gasteiger partial charge in [-0.2, -0.15) is 13.2 Å². The monoisotopic (exact) mass is 461 g/mol. The first-order valence-electron chi connectivity index (χ1n) is 9.78. The van der Waals surface area contributed by atoms with Gasteiger partial charge in [0.2, 0.25) is 0 Å². The lowest BCUT2D eigenvalue weighted by molar-refractivity contribution is -0.153. The molecular formula is C24H22F3NO3S. The van der Waals surface area contributed by atoms with Crippen molar-refractivity contribution in [1.29, 1.82) is 0 Å². The molecule has 4 nitrogen and oxygen atoms in total. The molecule has 0 atom stereocenters. The van der Waals surface area contributed by atoms with Crippen molar-refractivity contribution in [2.45, 2.75) is 32.4 Å². The van der Waals surface area contributed by atoms with E-state index in [-0.39, 0.29) is 22.5 Å². The highest BCUT2D eigenvalue weighted by molar-refractivity contribution is 7.07. The number of hydrogen-bond acceptors (Lipinski definition) is 4. The molecule has 2 aromatic carbocycles. The summed E-state index contributed by atoms with van der Waals surface area (Å²) in [6.45, 7) is 4.90. The van der Waals surface area contributed by atoms with Crippen molar-refractivity contribution in [2.75, 3.05) is 6.61 Å². The van der Waals surface area contributed by atoms with E-state index in [9.17, 15) is 22.8 Å². The van der Waals surface area contributed by atoms with E-state index in [1.54, 1.807) is 30.3 Å². The Morgan fingerprint density at radius 2 is 1.66 bits per heavy atom. The van der Waals surface area contributed by atoms with Gasteiger partial charge in [-0.05, 0) is 34.8 Å². The fourth-order valence-electron chi connectivity index (χ4n) is 2.84. The minimum absolute atomic E-state index is 0.0162. The highest BCUT2D eigenvalue weighted by Gasteiger charge is 2.28. The van der Waals surface area contributed by atoms with Crippen molar-refractivity contribution in [3.8, 4) is 5.75 Å². The number of carbonyl (C=O) groups excluding carboxylic acids is 1. The summed E-state index contributed by atoms with van der Waals surface area (Å²) in [6.07, 6.45) is -1.44. The number of aromatic nitrogens is 1. The topological polar surface area (TPSA) is 59.2 Å². The SMILES string of the molecule is CC(C)(C)c1ccc(C(=O)/C=c2/[nH]c(=O)/c(=C/c3ccc(OCC(F)(F)F)cc3)s2)cc1. The summed E-state index contributed by atoms with van der Waals surface area (Å²) in [5, 5.41) is 0. The van der Waals surface area contributed by atoms with Crippen LogP contribution >= 0.6 is 11.3 Å². The Morgan fingerprint density at radius 1 is 1.03 bits per heavy atom. The van der Waals surface area contributed by atoms with Gasteiger partial charge in [-0.3, -0.25) is 9.59 Å². The van der Waals surface area contributed by atoms with Crippen LogP contribution in [0.5, 0.6) is 5.75 Å². The number of rotatable bonds is 5. The van der Waals surface area contributed by atoms with E-state index in [2.05, 4.69) is 30.5 Å². The third-order valence-corrected chi connectivity index (χ3v) is 5.52. The average Bonchev–Trinajstić information content (AvgIpc) is 3.05. The number of aromatic amines is 1. The minimum Gasteiger partial charge on any atom is -0.484 e. The van der Waals surface area contributed by atoms with Gasteiger partial charge in [0.15, 0.2) is 12.4 Å². The largest absolute Gasteiger partial charge is 0.484 e. The molecule has 0 amide bonds.